The van der Waals surface area contributed by atoms with Gasteiger partial charge in [-0.15, -0.1) is 16.4 Å². The number of ether oxygens (including phenoxy) is 2. The van der Waals surface area contributed by atoms with E-state index in [1.807, 2.05) is 52.0 Å². The zero-order chi connectivity index (χ0) is 22.0. The largest absolute Gasteiger partial charge is 0.486 e. The molecule has 0 saturated heterocycles. The zero-order valence-electron chi connectivity index (χ0n) is 17.6. The van der Waals surface area contributed by atoms with Gasteiger partial charge in [-0.05, 0) is 56.1 Å². The molecule has 0 unspecified atom stereocenters. The molecule has 0 aliphatic carbocycles. The zero-order valence-corrected chi connectivity index (χ0v) is 19.3. The van der Waals surface area contributed by atoms with E-state index in [-0.39, 0.29) is 6.61 Å². The van der Waals surface area contributed by atoms with Crippen LogP contribution in [0.3, 0.4) is 0 Å². The summed E-state index contributed by atoms with van der Waals surface area (Å²) in [5.41, 5.74) is 1.18. The van der Waals surface area contributed by atoms with Crippen molar-refractivity contribution in [2.75, 3.05) is 5.32 Å². The summed E-state index contributed by atoms with van der Waals surface area (Å²) in [6.45, 7) is 7.71. The molecule has 1 amide bonds. The fourth-order valence-electron chi connectivity index (χ4n) is 3.06. The van der Waals surface area contributed by atoms with E-state index >= 15 is 0 Å². The van der Waals surface area contributed by atoms with E-state index in [1.165, 1.54) is 22.9 Å². The lowest BCUT2D eigenvalue weighted by molar-refractivity contribution is 0.0635. The Kier molecular flexibility index (Phi) is 5.88. The topological polar surface area (TPSA) is 86.2 Å². The van der Waals surface area contributed by atoms with Crippen molar-refractivity contribution in [3.63, 3.8) is 0 Å². The Balaban J connectivity index is 1.55. The average Bonchev–Trinajstić information content (AvgIpc) is 3.33. The van der Waals surface area contributed by atoms with Crippen LogP contribution in [-0.4, -0.2) is 26.3 Å². The van der Waals surface area contributed by atoms with Crippen molar-refractivity contribution in [3.8, 4) is 17.0 Å². The molecule has 0 saturated carbocycles. The van der Waals surface area contributed by atoms with Gasteiger partial charge in [0.1, 0.15) is 34.5 Å². The van der Waals surface area contributed by atoms with E-state index in [2.05, 4.69) is 32.0 Å². The Morgan fingerprint density at radius 2 is 1.97 bits per heavy atom. The third kappa shape index (κ3) is 5.00. The normalized spacial score (nSPS) is 11.5. The molecule has 9 heteroatoms. The number of anilines is 1. The summed E-state index contributed by atoms with van der Waals surface area (Å²) in [7, 11) is 0. The second-order valence-electron chi connectivity index (χ2n) is 7.88. The molecule has 2 aromatic heterocycles. The van der Waals surface area contributed by atoms with Crippen LogP contribution in [0.4, 0.5) is 10.6 Å². The van der Waals surface area contributed by atoms with Crippen molar-refractivity contribution < 1.29 is 14.3 Å². The number of benzene rings is 2. The number of hydrogen-bond acceptors (Lipinski definition) is 8. The van der Waals surface area contributed by atoms with Gasteiger partial charge in [-0.1, -0.05) is 34.8 Å². The second-order valence-corrected chi connectivity index (χ2v) is 9.78. The maximum Gasteiger partial charge on any atom is 0.413 e. The van der Waals surface area contributed by atoms with Gasteiger partial charge >= 0.3 is 6.09 Å². The number of carbonyl (C=O) groups excluding carboxylic acids is 1. The molecule has 0 aliphatic heterocycles. The molecular weight excluding hydrogens is 432 g/mol. The molecule has 0 aliphatic rings. The Morgan fingerprint density at radius 1 is 1.16 bits per heavy atom. The average molecular weight is 455 g/mol. The molecule has 0 fully saturated rings. The van der Waals surface area contributed by atoms with Gasteiger partial charge in [0.2, 0.25) is 0 Å². The van der Waals surface area contributed by atoms with Crippen LogP contribution in [0.1, 0.15) is 30.7 Å². The summed E-state index contributed by atoms with van der Waals surface area (Å²) in [4.78, 5) is 17.4. The van der Waals surface area contributed by atoms with Crippen molar-refractivity contribution in [1.29, 1.82) is 0 Å². The van der Waals surface area contributed by atoms with Crippen LogP contribution in [0.25, 0.3) is 22.0 Å². The van der Waals surface area contributed by atoms with Gasteiger partial charge in [0.25, 0.3) is 0 Å². The van der Waals surface area contributed by atoms with E-state index in [0.29, 0.717) is 11.6 Å². The molecule has 7 nitrogen and oxygen atoms in total. The highest BCUT2D eigenvalue weighted by Crippen LogP contribution is 2.38. The molecule has 4 aromatic rings. The first-order valence-corrected chi connectivity index (χ1v) is 11.3. The highest BCUT2D eigenvalue weighted by Gasteiger charge is 2.19. The van der Waals surface area contributed by atoms with E-state index in [4.69, 9.17) is 9.47 Å². The second kappa shape index (κ2) is 8.60. The third-order valence-electron chi connectivity index (χ3n) is 4.31. The first kappa shape index (κ1) is 21.2. The Labute approximate surface area is 188 Å². The summed E-state index contributed by atoms with van der Waals surface area (Å²) >= 11 is 2.77. The Morgan fingerprint density at radius 3 is 2.71 bits per heavy atom. The minimum Gasteiger partial charge on any atom is -0.486 e. The van der Waals surface area contributed by atoms with Crippen LogP contribution < -0.4 is 10.1 Å². The third-order valence-corrected chi connectivity index (χ3v) is 5.76. The summed E-state index contributed by atoms with van der Waals surface area (Å²) in [6.07, 6.45) is -0.534. The lowest BCUT2D eigenvalue weighted by Crippen LogP contribution is -2.27. The Hall–Kier alpha value is -3.04. The number of thiazole rings is 1. The molecule has 160 valence electrons. The highest BCUT2D eigenvalue weighted by molar-refractivity contribution is 7.10. The number of amides is 1. The monoisotopic (exact) mass is 454 g/mol. The minimum atomic E-state index is -0.568. The number of carbonyl (C=O) groups is 1. The van der Waals surface area contributed by atoms with Crippen LogP contribution in [0, 0.1) is 6.92 Å². The molecule has 0 spiro atoms. The SMILES string of the molecule is Cc1snnc1-c1c(OCc2nc(NC(=O)OC(C)(C)C)cs2)ccc2ccccc12. The number of hydrogen-bond donors (Lipinski definition) is 1. The maximum absolute atomic E-state index is 11.9. The van der Waals surface area contributed by atoms with Crippen LogP contribution in [0.15, 0.2) is 41.8 Å². The fraction of sp³-hybridized carbons (Fsp3) is 0.273. The van der Waals surface area contributed by atoms with Gasteiger partial charge in [-0.25, -0.2) is 9.78 Å². The molecule has 0 bridgehead atoms. The van der Waals surface area contributed by atoms with Gasteiger partial charge in [0.05, 0.1) is 10.4 Å². The van der Waals surface area contributed by atoms with Gasteiger partial charge in [0, 0.05) is 5.38 Å². The van der Waals surface area contributed by atoms with Gasteiger partial charge in [0.15, 0.2) is 0 Å². The predicted molar refractivity (Wildman–Crippen MR) is 124 cm³/mol. The standard InChI is InChI=1S/C22H22N4O3S2/c1-13-20(25-26-31-13)19-15-8-6-5-7-14(15)9-10-16(19)28-11-18-23-17(12-30-18)24-21(27)29-22(2,3)4/h5-10,12H,11H2,1-4H3,(H,24,27). The quantitative estimate of drug-likeness (QED) is 0.395. The van der Waals surface area contributed by atoms with E-state index < -0.39 is 11.7 Å². The van der Waals surface area contributed by atoms with Crippen LogP contribution in [0.2, 0.25) is 0 Å². The van der Waals surface area contributed by atoms with Crippen LogP contribution in [0.5, 0.6) is 5.75 Å². The molecule has 31 heavy (non-hydrogen) atoms. The molecule has 2 aromatic carbocycles. The van der Waals surface area contributed by atoms with Gasteiger partial charge < -0.3 is 9.47 Å². The van der Waals surface area contributed by atoms with Crippen molar-refractivity contribution >= 4 is 45.6 Å². The summed E-state index contributed by atoms with van der Waals surface area (Å²) < 4.78 is 15.5. The number of aromatic nitrogens is 3. The molecule has 2 heterocycles. The van der Waals surface area contributed by atoms with Crippen molar-refractivity contribution in [2.24, 2.45) is 0 Å². The van der Waals surface area contributed by atoms with Crippen LogP contribution >= 0.6 is 22.9 Å². The number of aryl methyl sites for hydroxylation is 1. The minimum absolute atomic E-state index is 0.266. The van der Waals surface area contributed by atoms with Crippen molar-refractivity contribution in [3.05, 3.63) is 51.7 Å². The van der Waals surface area contributed by atoms with Crippen LogP contribution in [-0.2, 0) is 11.3 Å². The van der Waals surface area contributed by atoms with Gasteiger partial charge in [-0.2, -0.15) is 0 Å². The number of nitrogens with zero attached hydrogens (tertiary/aromatic N) is 3. The Bertz CT molecular complexity index is 1230. The predicted octanol–water partition coefficient (Wildman–Crippen LogP) is 6.05. The lowest BCUT2D eigenvalue weighted by atomic mass is 10.0. The van der Waals surface area contributed by atoms with Crippen molar-refractivity contribution in [2.45, 2.75) is 39.9 Å². The highest BCUT2D eigenvalue weighted by atomic mass is 32.1. The van der Waals surface area contributed by atoms with E-state index in [0.717, 1.165) is 31.9 Å². The van der Waals surface area contributed by atoms with Gasteiger partial charge in [-0.3, -0.25) is 5.32 Å². The maximum atomic E-state index is 11.9. The number of fused-ring (bicyclic) bond motifs is 1. The summed E-state index contributed by atoms with van der Waals surface area (Å²) in [5, 5.41) is 11.6. The van der Waals surface area contributed by atoms with E-state index in [1.54, 1.807) is 5.38 Å². The lowest BCUT2D eigenvalue weighted by Gasteiger charge is -2.19. The number of nitrogens with one attached hydrogen (secondary N) is 1. The first-order valence-electron chi connectivity index (χ1n) is 9.68. The number of rotatable bonds is 5. The molecule has 0 atom stereocenters. The summed E-state index contributed by atoms with van der Waals surface area (Å²) in [5.74, 6) is 1.16. The summed E-state index contributed by atoms with van der Waals surface area (Å²) in [6, 6.07) is 12.1. The molecule has 1 N–H and O–H groups in total. The van der Waals surface area contributed by atoms with E-state index in [9.17, 15) is 4.79 Å². The first-order chi connectivity index (χ1) is 14.8. The van der Waals surface area contributed by atoms with Crippen molar-refractivity contribution in [1.82, 2.24) is 14.6 Å². The fourth-order valence-corrected chi connectivity index (χ4v) is 4.17. The molecular formula is C22H22N4O3S2. The molecule has 4 rings (SSSR count). The molecule has 0 radical (unpaired) electrons. The smallest absolute Gasteiger partial charge is 0.413 e.